The highest BCUT2D eigenvalue weighted by Gasteiger charge is 2.39. The predicted octanol–water partition coefficient (Wildman–Crippen LogP) is 3.10. The fraction of sp³-hybridized carbons (Fsp3) is 0.462. The van der Waals surface area contributed by atoms with E-state index >= 15 is 0 Å². The van der Waals surface area contributed by atoms with Gasteiger partial charge in [0.05, 0.1) is 4.92 Å². The van der Waals surface area contributed by atoms with Gasteiger partial charge >= 0.3 is 5.69 Å². The van der Waals surface area contributed by atoms with Crippen molar-refractivity contribution in [3.05, 3.63) is 28.3 Å². The highest BCUT2D eigenvalue weighted by molar-refractivity contribution is 7.98. The third-order valence-corrected chi connectivity index (χ3v) is 4.24. The Labute approximate surface area is 125 Å². The van der Waals surface area contributed by atoms with Crippen LogP contribution in [-0.4, -0.2) is 21.6 Å². The third kappa shape index (κ3) is 3.63. The van der Waals surface area contributed by atoms with E-state index in [0.717, 1.165) is 24.4 Å². The molecule has 6 nitrogen and oxygen atoms in total. The van der Waals surface area contributed by atoms with E-state index in [9.17, 15) is 24.4 Å². The quantitative estimate of drug-likeness (QED) is 0.506. The first-order chi connectivity index (χ1) is 9.92. The van der Waals surface area contributed by atoms with Crippen LogP contribution in [0.2, 0.25) is 0 Å². The molecule has 0 saturated heterocycles. The Kier molecular flexibility index (Phi) is 4.66. The average Bonchev–Trinajstić information content (AvgIpc) is 2.46. The lowest BCUT2D eigenvalue weighted by atomic mass is 9.86. The molecule has 0 atom stereocenters. The first-order valence-electron chi connectivity index (χ1n) is 6.56. The minimum absolute atomic E-state index is 0.203. The van der Waals surface area contributed by atoms with Crippen LogP contribution < -0.4 is 4.72 Å². The second-order valence-electron chi connectivity index (χ2n) is 4.97. The van der Waals surface area contributed by atoms with Gasteiger partial charge in [0.25, 0.3) is 5.91 Å². The van der Waals surface area contributed by atoms with Crippen molar-refractivity contribution >= 4 is 23.5 Å². The fourth-order valence-electron chi connectivity index (χ4n) is 2.25. The molecule has 1 aliphatic rings. The molecule has 1 aliphatic carbocycles. The number of hydrogen-bond donors (Lipinski definition) is 2. The van der Waals surface area contributed by atoms with Crippen LogP contribution in [0.25, 0.3) is 0 Å². The number of alkyl halides is 1. The molecule has 2 rings (SSSR count). The second-order valence-corrected chi connectivity index (χ2v) is 5.85. The predicted molar refractivity (Wildman–Crippen MR) is 75.7 cm³/mol. The summed E-state index contributed by atoms with van der Waals surface area (Å²) in [7, 11) is 0. The van der Waals surface area contributed by atoms with Crippen molar-refractivity contribution in [3.63, 3.8) is 0 Å². The summed E-state index contributed by atoms with van der Waals surface area (Å²) in [5.41, 5.74) is -2.31. The molecule has 21 heavy (non-hydrogen) atoms. The number of nitrogens with zero attached hydrogens (tertiary/aromatic N) is 1. The topological polar surface area (TPSA) is 92.5 Å². The number of aromatic hydroxyl groups is 1. The van der Waals surface area contributed by atoms with E-state index in [-0.39, 0.29) is 12.8 Å². The van der Waals surface area contributed by atoms with Gasteiger partial charge in [-0.3, -0.25) is 19.6 Å². The molecule has 2 N–H and O–H groups in total. The number of phenols is 1. The summed E-state index contributed by atoms with van der Waals surface area (Å²) < 4.78 is 16.8. The van der Waals surface area contributed by atoms with Crippen LogP contribution in [0.1, 0.15) is 32.1 Å². The zero-order valence-corrected chi connectivity index (χ0v) is 12.0. The zero-order valence-electron chi connectivity index (χ0n) is 11.2. The number of phenolic OH excluding ortho intramolecular Hbond substituents is 1. The molecule has 1 aromatic rings. The Morgan fingerprint density at radius 1 is 1.38 bits per heavy atom. The van der Waals surface area contributed by atoms with Crippen LogP contribution in [0, 0.1) is 10.1 Å². The Balaban J connectivity index is 2.01. The number of nitro groups is 1. The molecule has 0 bridgehead atoms. The molecule has 1 fully saturated rings. The number of nitro benzene ring substituents is 1. The van der Waals surface area contributed by atoms with Gasteiger partial charge in [0.1, 0.15) is 0 Å². The molecule has 0 radical (unpaired) electrons. The van der Waals surface area contributed by atoms with Crippen LogP contribution in [0.3, 0.4) is 0 Å². The van der Waals surface area contributed by atoms with Gasteiger partial charge < -0.3 is 5.11 Å². The smallest absolute Gasteiger partial charge is 0.311 e. The normalized spacial score (nSPS) is 17.2. The van der Waals surface area contributed by atoms with Crippen molar-refractivity contribution in [1.29, 1.82) is 0 Å². The first-order valence-corrected chi connectivity index (χ1v) is 7.38. The first kappa shape index (κ1) is 15.6. The summed E-state index contributed by atoms with van der Waals surface area (Å²) in [6.45, 7) is 0. The van der Waals surface area contributed by atoms with Crippen LogP contribution in [0.4, 0.5) is 10.1 Å². The lowest BCUT2D eigenvalue weighted by Gasteiger charge is -2.27. The maximum atomic E-state index is 14.4. The van der Waals surface area contributed by atoms with Crippen molar-refractivity contribution in [1.82, 2.24) is 4.72 Å². The molecule has 0 unspecified atom stereocenters. The van der Waals surface area contributed by atoms with E-state index in [0.29, 0.717) is 17.7 Å². The molecule has 8 heteroatoms. The van der Waals surface area contributed by atoms with Gasteiger partial charge in [0.15, 0.2) is 11.4 Å². The molecule has 1 amide bonds. The van der Waals surface area contributed by atoms with E-state index in [2.05, 4.69) is 4.72 Å². The van der Waals surface area contributed by atoms with E-state index < -0.39 is 27.9 Å². The number of halogens is 1. The van der Waals surface area contributed by atoms with Gasteiger partial charge in [0.2, 0.25) is 0 Å². The minimum atomic E-state index is -1.85. The summed E-state index contributed by atoms with van der Waals surface area (Å²) in [5, 5.41) is 20.0. The van der Waals surface area contributed by atoms with Crippen molar-refractivity contribution < 1.29 is 19.2 Å². The highest BCUT2D eigenvalue weighted by atomic mass is 32.2. The number of rotatable bonds is 4. The van der Waals surface area contributed by atoms with Gasteiger partial charge in [-0.2, -0.15) is 0 Å². The van der Waals surface area contributed by atoms with Crippen LogP contribution in [0.5, 0.6) is 5.75 Å². The molecule has 0 aromatic heterocycles. The summed E-state index contributed by atoms with van der Waals surface area (Å²) in [5.74, 6) is -1.16. The number of carbonyl (C=O) groups excluding carboxylic acids is 1. The van der Waals surface area contributed by atoms with Crippen LogP contribution in [0.15, 0.2) is 23.1 Å². The van der Waals surface area contributed by atoms with Crippen molar-refractivity contribution in [2.24, 2.45) is 0 Å². The van der Waals surface area contributed by atoms with E-state index in [1.807, 2.05) is 0 Å². The van der Waals surface area contributed by atoms with Gasteiger partial charge in [-0.1, -0.05) is 6.42 Å². The lowest BCUT2D eigenvalue weighted by molar-refractivity contribution is -0.386. The molecule has 114 valence electrons. The number of hydrogen-bond acceptors (Lipinski definition) is 5. The van der Waals surface area contributed by atoms with E-state index in [1.54, 1.807) is 0 Å². The summed E-state index contributed by atoms with van der Waals surface area (Å²) in [6.07, 6.45) is 2.69. The van der Waals surface area contributed by atoms with E-state index in [4.69, 9.17) is 0 Å². The van der Waals surface area contributed by atoms with E-state index in [1.165, 1.54) is 12.1 Å². The minimum Gasteiger partial charge on any atom is -0.502 e. The van der Waals surface area contributed by atoms with Gasteiger partial charge in [-0.05, 0) is 49.8 Å². The molecule has 0 aliphatic heterocycles. The molecular formula is C13H15FN2O4S. The van der Waals surface area contributed by atoms with Crippen LogP contribution in [-0.2, 0) is 4.79 Å². The SMILES string of the molecule is O=C(NSc1ccc(O)c([N+](=O)[O-])c1)C1(F)CCCCC1. The summed E-state index contributed by atoms with van der Waals surface area (Å²) in [4.78, 5) is 22.2. The summed E-state index contributed by atoms with van der Waals surface area (Å²) in [6, 6.07) is 3.71. The molecule has 0 spiro atoms. The maximum absolute atomic E-state index is 14.4. The molecular weight excluding hydrogens is 299 g/mol. The zero-order chi connectivity index (χ0) is 15.5. The number of nitrogens with one attached hydrogen (secondary N) is 1. The Morgan fingerprint density at radius 2 is 2.05 bits per heavy atom. The highest BCUT2D eigenvalue weighted by Crippen LogP contribution is 2.34. The maximum Gasteiger partial charge on any atom is 0.311 e. The lowest BCUT2D eigenvalue weighted by Crippen LogP contribution is -2.42. The standard InChI is InChI=1S/C13H15FN2O4S/c14-13(6-2-1-3-7-13)12(18)15-21-9-4-5-11(17)10(8-9)16(19)20/h4-5,8,17H,1-3,6-7H2,(H,15,18). The van der Waals surface area contributed by atoms with Gasteiger partial charge in [0, 0.05) is 11.0 Å². The largest absolute Gasteiger partial charge is 0.502 e. The summed E-state index contributed by atoms with van der Waals surface area (Å²) >= 11 is 0.806. The van der Waals surface area contributed by atoms with Gasteiger partial charge in [-0.15, -0.1) is 0 Å². The van der Waals surface area contributed by atoms with Gasteiger partial charge in [-0.25, -0.2) is 4.39 Å². The number of benzene rings is 1. The fourth-order valence-corrected chi connectivity index (χ4v) is 2.95. The average molecular weight is 314 g/mol. The Morgan fingerprint density at radius 3 is 2.67 bits per heavy atom. The van der Waals surface area contributed by atoms with Crippen molar-refractivity contribution in [2.75, 3.05) is 0 Å². The Hall–Kier alpha value is -1.83. The third-order valence-electron chi connectivity index (χ3n) is 3.46. The molecule has 1 saturated carbocycles. The van der Waals surface area contributed by atoms with Crippen molar-refractivity contribution in [3.8, 4) is 5.75 Å². The molecule has 0 heterocycles. The van der Waals surface area contributed by atoms with Crippen LogP contribution >= 0.6 is 11.9 Å². The molecule has 1 aromatic carbocycles. The second kappa shape index (κ2) is 6.30. The van der Waals surface area contributed by atoms with Crippen molar-refractivity contribution in [2.45, 2.75) is 42.7 Å². The Bertz CT molecular complexity index is 561. The number of carbonyl (C=O) groups is 1. The number of amides is 1. The monoisotopic (exact) mass is 314 g/mol.